The number of carbonyl (C=O) groups excluding carboxylic acids is 1. The lowest BCUT2D eigenvalue weighted by Crippen LogP contribution is -2.15. The van der Waals surface area contributed by atoms with Gasteiger partial charge in [-0.3, -0.25) is 4.79 Å². The number of hydrogen-bond donors (Lipinski definition) is 2. The number of nitrogens with zero attached hydrogens (tertiary/aromatic N) is 2. The smallest absolute Gasteiger partial charge is 0.274 e. The zero-order valence-corrected chi connectivity index (χ0v) is 14.7. The Labute approximate surface area is 152 Å². The van der Waals surface area contributed by atoms with Gasteiger partial charge in [-0.2, -0.15) is 0 Å². The fraction of sp³-hybridized carbons (Fsp3) is 0.150. The van der Waals surface area contributed by atoms with Gasteiger partial charge in [-0.05, 0) is 24.6 Å². The van der Waals surface area contributed by atoms with E-state index in [0.29, 0.717) is 18.1 Å². The Morgan fingerprint density at radius 3 is 2.65 bits per heavy atom. The lowest BCUT2D eigenvalue weighted by atomic mass is 10.2. The van der Waals surface area contributed by atoms with E-state index in [1.807, 2.05) is 55.5 Å². The quantitative estimate of drug-likeness (QED) is 0.711. The maximum Gasteiger partial charge on any atom is 0.274 e. The Kier molecular flexibility index (Phi) is 5.43. The van der Waals surface area contributed by atoms with Crippen molar-refractivity contribution in [3.8, 4) is 5.75 Å². The lowest BCUT2D eigenvalue weighted by molar-refractivity contribution is 0.102. The molecular formula is C20H20N4O2. The molecule has 1 amide bonds. The Morgan fingerprint density at radius 1 is 1.08 bits per heavy atom. The Hall–Kier alpha value is -3.41. The molecule has 132 valence electrons. The second-order valence-corrected chi connectivity index (χ2v) is 5.72. The van der Waals surface area contributed by atoms with Gasteiger partial charge in [0, 0.05) is 23.9 Å². The molecule has 1 aromatic heterocycles. The molecular weight excluding hydrogens is 328 g/mol. The Morgan fingerprint density at radius 2 is 1.85 bits per heavy atom. The van der Waals surface area contributed by atoms with E-state index in [1.165, 1.54) is 6.33 Å². The van der Waals surface area contributed by atoms with Gasteiger partial charge in [-0.1, -0.05) is 36.4 Å². The van der Waals surface area contributed by atoms with Crippen molar-refractivity contribution in [3.05, 3.63) is 77.7 Å². The number of carbonyl (C=O) groups is 1. The third-order valence-corrected chi connectivity index (χ3v) is 3.95. The van der Waals surface area contributed by atoms with Gasteiger partial charge in [-0.25, -0.2) is 9.97 Å². The number of nitrogens with one attached hydrogen (secondary N) is 2. The average molecular weight is 348 g/mol. The van der Waals surface area contributed by atoms with Crippen LogP contribution in [0.15, 0.2) is 60.9 Å². The SMILES string of the molecule is COc1ccccc1CNc1cc(C(=O)Nc2ccccc2C)ncn1. The normalized spacial score (nSPS) is 10.2. The fourth-order valence-corrected chi connectivity index (χ4v) is 2.51. The predicted molar refractivity (Wildman–Crippen MR) is 101 cm³/mol. The summed E-state index contributed by atoms with van der Waals surface area (Å²) >= 11 is 0. The molecule has 0 aliphatic carbocycles. The summed E-state index contributed by atoms with van der Waals surface area (Å²) in [5, 5.41) is 6.06. The van der Waals surface area contributed by atoms with Crippen molar-refractivity contribution in [3.63, 3.8) is 0 Å². The molecule has 6 heteroatoms. The Balaban J connectivity index is 1.70. The minimum atomic E-state index is -0.276. The first-order chi connectivity index (χ1) is 12.7. The van der Waals surface area contributed by atoms with Crippen LogP contribution >= 0.6 is 0 Å². The molecule has 0 spiro atoms. The topological polar surface area (TPSA) is 76.1 Å². The van der Waals surface area contributed by atoms with E-state index in [0.717, 1.165) is 22.6 Å². The molecule has 6 nitrogen and oxygen atoms in total. The molecule has 0 saturated carbocycles. The average Bonchev–Trinajstić information content (AvgIpc) is 2.68. The molecule has 3 aromatic rings. The zero-order valence-electron chi connectivity index (χ0n) is 14.7. The Bertz CT molecular complexity index is 912. The number of para-hydroxylation sites is 2. The van der Waals surface area contributed by atoms with Gasteiger partial charge in [0.15, 0.2) is 0 Å². The van der Waals surface area contributed by atoms with Crippen LogP contribution in [0.25, 0.3) is 0 Å². The van der Waals surface area contributed by atoms with Crippen LogP contribution in [-0.4, -0.2) is 23.0 Å². The molecule has 2 aromatic carbocycles. The largest absolute Gasteiger partial charge is 0.496 e. The third-order valence-electron chi connectivity index (χ3n) is 3.95. The highest BCUT2D eigenvalue weighted by Crippen LogP contribution is 2.19. The monoisotopic (exact) mass is 348 g/mol. The molecule has 0 fully saturated rings. The van der Waals surface area contributed by atoms with Gasteiger partial charge >= 0.3 is 0 Å². The first-order valence-corrected chi connectivity index (χ1v) is 8.22. The molecule has 0 radical (unpaired) electrons. The summed E-state index contributed by atoms with van der Waals surface area (Å²) in [6.45, 7) is 2.47. The van der Waals surface area contributed by atoms with Crippen LogP contribution < -0.4 is 15.4 Å². The van der Waals surface area contributed by atoms with Crippen LogP contribution in [0.5, 0.6) is 5.75 Å². The predicted octanol–water partition coefficient (Wildman–Crippen LogP) is 3.66. The summed E-state index contributed by atoms with van der Waals surface area (Å²) in [7, 11) is 1.64. The van der Waals surface area contributed by atoms with Crippen molar-refractivity contribution in [2.45, 2.75) is 13.5 Å². The molecule has 26 heavy (non-hydrogen) atoms. The molecule has 0 bridgehead atoms. The van der Waals surface area contributed by atoms with Crippen LogP contribution in [-0.2, 0) is 6.54 Å². The van der Waals surface area contributed by atoms with Crippen molar-refractivity contribution in [2.75, 3.05) is 17.7 Å². The molecule has 0 saturated heterocycles. The molecule has 3 rings (SSSR count). The van der Waals surface area contributed by atoms with E-state index in [2.05, 4.69) is 20.6 Å². The molecule has 2 N–H and O–H groups in total. The van der Waals surface area contributed by atoms with Crippen molar-refractivity contribution < 1.29 is 9.53 Å². The molecule has 1 heterocycles. The number of anilines is 2. The second kappa shape index (κ2) is 8.11. The molecule has 0 aliphatic heterocycles. The van der Waals surface area contributed by atoms with E-state index in [1.54, 1.807) is 13.2 Å². The highest BCUT2D eigenvalue weighted by Gasteiger charge is 2.10. The maximum atomic E-state index is 12.4. The van der Waals surface area contributed by atoms with Crippen LogP contribution in [0.1, 0.15) is 21.6 Å². The second-order valence-electron chi connectivity index (χ2n) is 5.72. The summed E-state index contributed by atoms with van der Waals surface area (Å²) in [6.07, 6.45) is 1.37. The first kappa shape index (κ1) is 17.4. The number of amides is 1. The van der Waals surface area contributed by atoms with Gasteiger partial charge < -0.3 is 15.4 Å². The van der Waals surface area contributed by atoms with Gasteiger partial charge in [0.1, 0.15) is 23.6 Å². The molecule has 0 unspecified atom stereocenters. The standard InChI is InChI=1S/C20H20N4O2/c1-14-7-3-5-9-16(14)24-20(25)17-11-19(23-13-22-17)21-12-15-8-4-6-10-18(15)26-2/h3-11,13H,12H2,1-2H3,(H,24,25)(H,21,22,23). The van der Waals surface area contributed by atoms with Crippen molar-refractivity contribution in [1.82, 2.24) is 9.97 Å². The molecule has 0 aliphatic rings. The highest BCUT2D eigenvalue weighted by atomic mass is 16.5. The first-order valence-electron chi connectivity index (χ1n) is 8.22. The van der Waals surface area contributed by atoms with E-state index in [-0.39, 0.29) is 5.91 Å². The minimum absolute atomic E-state index is 0.276. The number of hydrogen-bond acceptors (Lipinski definition) is 5. The van der Waals surface area contributed by atoms with Crippen molar-refractivity contribution in [1.29, 1.82) is 0 Å². The van der Waals surface area contributed by atoms with Crippen molar-refractivity contribution >= 4 is 17.4 Å². The fourth-order valence-electron chi connectivity index (χ4n) is 2.51. The summed E-state index contributed by atoms with van der Waals surface area (Å²) in [6, 6.07) is 17.0. The van der Waals surface area contributed by atoms with E-state index < -0.39 is 0 Å². The molecule has 0 atom stereocenters. The lowest BCUT2D eigenvalue weighted by Gasteiger charge is -2.11. The van der Waals surface area contributed by atoms with E-state index in [9.17, 15) is 4.79 Å². The third kappa shape index (κ3) is 4.16. The number of aryl methyl sites for hydroxylation is 1. The van der Waals surface area contributed by atoms with Gasteiger partial charge in [0.25, 0.3) is 5.91 Å². The van der Waals surface area contributed by atoms with Crippen LogP contribution in [0.3, 0.4) is 0 Å². The number of methoxy groups -OCH3 is 1. The summed E-state index contributed by atoms with van der Waals surface area (Å²) in [4.78, 5) is 20.7. The maximum absolute atomic E-state index is 12.4. The highest BCUT2D eigenvalue weighted by molar-refractivity contribution is 6.03. The van der Waals surface area contributed by atoms with Crippen LogP contribution in [0.4, 0.5) is 11.5 Å². The van der Waals surface area contributed by atoms with Crippen molar-refractivity contribution in [2.24, 2.45) is 0 Å². The number of ether oxygens (including phenoxy) is 1. The number of aromatic nitrogens is 2. The van der Waals surface area contributed by atoms with E-state index >= 15 is 0 Å². The summed E-state index contributed by atoms with van der Waals surface area (Å²) < 4.78 is 5.34. The minimum Gasteiger partial charge on any atom is -0.496 e. The summed E-state index contributed by atoms with van der Waals surface area (Å²) in [5.41, 5.74) is 3.05. The van der Waals surface area contributed by atoms with Crippen LogP contribution in [0.2, 0.25) is 0 Å². The van der Waals surface area contributed by atoms with Gasteiger partial charge in [0.05, 0.1) is 7.11 Å². The van der Waals surface area contributed by atoms with Gasteiger partial charge in [0.2, 0.25) is 0 Å². The summed E-state index contributed by atoms with van der Waals surface area (Å²) in [5.74, 6) is 1.09. The number of benzene rings is 2. The number of rotatable bonds is 6. The van der Waals surface area contributed by atoms with Gasteiger partial charge in [-0.15, -0.1) is 0 Å². The van der Waals surface area contributed by atoms with Crippen LogP contribution in [0, 0.1) is 6.92 Å². The zero-order chi connectivity index (χ0) is 18.4. The van der Waals surface area contributed by atoms with E-state index in [4.69, 9.17) is 4.74 Å².